The number of carbonyl (C=O) groups is 1. The highest BCUT2D eigenvalue weighted by atomic mass is 79.9. The van der Waals surface area contributed by atoms with E-state index in [0.717, 1.165) is 14.5 Å². The van der Waals surface area contributed by atoms with Crippen molar-refractivity contribution in [2.24, 2.45) is 0 Å². The number of rotatable bonds is 5. The number of fused-ring (bicyclic) bond motifs is 1. The third kappa shape index (κ3) is 6.10. The molecule has 0 bridgehead atoms. The summed E-state index contributed by atoms with van der Waals surface area (Å²) >= 11 is 15.4. The zero-order valence-electron chi connectivity index (χ0n) is 17.9. The van der Waals surface area contributed by atoms with Crippen molar-refractivity contribution in [1.82, 2.24) is 10.3 Å². The van der Waals surface area contributed by atoms with Gasteiger partial charge in [0.15, 0.2) is 10.7 Å². The number of hydrogen-bond acceptors (Lipinski definition) is 6. The van der Waals surface area contributed by atoms with Crippen LogP contribution in [-0.2, 0) is 4.79 Å². The molecule has 0 unspecified atom stereocenters. The molecule has 4 aromatic rings. The first-order chi connectivity index (χ1) is 16.7. The van der Waals surface area contributed by atoms with Crippen molar-refractivity contribution in [2.75, 3.05) is 12.4 Å². The number of nitrogens with zero attached hydrogens (tertiary/aromatic N) is 1. The number of aromatic nitrogens is 1. The summed E-state index contributed by atoms with van der Waals surface area (Å²) in [7, 11) is 1.56. The lowest BCUT2D eigenvalue weighted by atomic mass is 10.2. The van der Waals surface area contributed by atoms with Crippen LogP contribution in [0.25, 0.3) is 28.6 Å². The lowest BCUT2D eigenvalue weighted by molar-refractivity contribution is -0.115. The van der Waals surface area contributed by atoms with Crippen LogP contribution in [0.1, 0.15) is 5.56 Å². The van der Waals surface area contributed by atoms with E-state index in [1.807, 2.05) is 12.1 Å². The highest BCUT2D eigenvalue weighted by Crippen LogP contribution is 2.34. The number of thiocarbonyl (C=S) groups is 1. The summed E-state index contributed by atoms with van der Waals surface area (Å²) in [5.74, 6) is 0.750. The standard InChI is InChI=1S/C24H16Br3N3O4S/c1-33-22-12(8-14(25)10-17(22)27)3-7-21(32)30-24(35)28-15-4-6-20-18(11-15)29-23(34-20)13-2-5-19(31)16(26)9-13/h2-11,31H,1H3,(H2,28,30,32,35)/b7-3+. The molecule has 1 aromatic heterocycles. The third-order valence-electron chi connectivity index (χ3n) is 4.73. The summed E-state index contributed by atoms with van der Waals surface area (Å²) in [6, 6.07) is 14.0. The number of phenols is 1. The van der Waals surface area contributed by atoms with Gasteiger partial charge in [-0.3, -0.25) is 10.1 Å². The average molecular weight is 682 g/mol. The van der Waals surface area contributed by atoms with E-state index in [9.17, 15) is 9.90 Å². The van der Waals surface area contributed by atoms with Crippen LogP contribution in [0.4, 0.5) is 5.69 Å². The van der Waals surface area contributed by atoms with Crippen LogP contribution in [0.2, 0.25) is 0 Å². The second-order valence-electron chi connectivity index (χ2n) is 7.15. The summed E-state index contributed by atoms with van der Waals surface area (Å²) in [5, 5.41) is 15.4. The first-order valence-corrected chi connectivity index (χ1v) is 12.7. The second-order valence-corrected chi connectivity index (χ2v) is 10.2. The van der Waals surface area contributed by atoms with Crippen LogP contribution in [0.3, 0.4) is 0 Å². The maximum Gasteiger partial charge on any atom is 0.250 e. The van der Waals surface area contributed by atoms with E-state index in [2.05, 4.69) is 63.4 Å². The number of ether oxygens (including phenoxy) is 1. The number of carbonyl (C=O) groups excluding carboxylic acids is 1. The van der Waals surface area contributed by atoms with Crippen molar-refractivity contribution in [2.45, 2.75) is 0 Å². The van der Waals surface area contributed by atoms with Gasteiger partial charge in [-0.1, -0.05) is 15.9 Å². The summed E-state index contributed by atoms with van der Waals surface area (Å²) < 4.78 is 13.3. The molecule has 178 valence electrons. The smallest absolute Gasteiger partial charge is 0.250 e. The zero-order valence-corrected chi connectivity index (χ0v) is 23.5. The van der Waals surface area contributed by atoms with Crippen molar-refractivity contribution in [1.29, 1.82) is 0 Å². The number of anilines is 1. The SMILES string of the molecule is COc1c(Br)cc(Br)cc1/C=C/C(=O)NC(=S)Nc1ccc2oc(-c3ccc(O)c(Br)c3)nc2c1. The van der Waals surface area contributed by atoms with Gasteiger partial charge in [-0.2, -0.15) is 0 Å². The number of phenolic OH excluding ortho intramolecular Hbond substituents is 1. The predicted molar refractivity (Wildman–Crippen MR) is 151 cm³/mol. The highest BCUT2D eigenvalue weighted by molar-refractivity contribution is 9.11. The minimum absolute atomic E-state index is 0.130. The number of aromatic hydroxyl groups is 1. The van der Waals surface area contributed by atoms with Crippen molar-refractivity contribution < 1.29 is 19.1 Å². The van der Waals surface area contributed by atoms with E-state index in [1.165, 1.54) is 6.08 Å². The molecule has 3 aromatic carbocycles. The molecule has 0 fully saturated rings. The zero-order chi connectivity index (χ0) is 25.1. The molecule has 0 saturated heterocycles. The molecular formula is C24H16Br3N3O4S. The van der Waals surface area contributed by atoms with Gasteiger partial charge < -0.3 is 19.6 Å². The van der Waals surface area contributed by atoms with Crippen molar-refractivity contribution >= 4 is 93.9 Å². The molecule has 0 aliphatic carbocycles. The number of amides is 1. The van der Waals surface area contributed by atoms with Crippen LogP contribution in [-0.4, -0.2) is 28.2 Å². The molecule has 0 aliphatic heterocycles. The van der Waals surface area contributed by atoms with E-state index >= 15 is 0 Å². The largest absolute Gasteiger partial charge is 0.507 e. The molecule has 1 heterocycles. The maximum absolute atomic E-state index is 12.4. The minimum atomic E-state index is -0.400. The van der Waals surface area contributed by atoms with Crippen LogP contribution in [0, 0.1) is 0 Å². The highest BCUT2D eigenvalue weighted by Gasteiger charge is 2.12. The molecule has 35 heavy (non-hydrogen) atoms. The number of nitrogens with one attached hydrogen (secondary N) is 2. The Bertz CT molecular complexity index is 1490. The number of hydrogen-bond donors (Lipinski definition) is 3. The lowest BCUT2D eigenvalue weighted by Gasteiger charge is -2.09. The molecule has 0 aliphatic rings. The quantitative estimate of drug-likeness (QED) is 0.154. The number of oxazole rings is 1. The van der Waals surface area contributed by atoms with Gasteiger partial charge in [0.05, 0.1) is 16.1 Å². The first-order valence-electron chi connectivity index (χ1n) is 9.96. The Kier molecular flexibility index (Phi) is 7.90. The fraction of sp³-hybridized carbons (Fsp3) is 0.0417. The van der Waals surface area contributed by atoms with Crippen molar-refractivity contribution in [3.05, 3.63) is 73.6 Å². The molecule has 7 nitrogen and oxygen atoms in total. The molecule has 0 spiro atoms. The van der Waals surface area contributed by atoms with Gasteiger partial charge >= 0.3 is 0 Å². The van der Waals surface area contributed by atoms with E-state index < -0.39 is 5.91 Å². The molecule has 0 saturated carbocycles. The summed E-state index contributed by atoms with van der Waals surface area (Å²) in [4.78, 5) is 16.9. The Morgan fingerprint density at radius 3 is 2.66 bits per heavy atom. The summed E-state index contributed by atoms with van der Waals surface area (Å²) in [5.41, 5.74) is 3.26. The maximum atomic E-state index is 12.4. The molecule has 4 rings (SSSR count). The Morgan fingerprint density at radius 1 is 1.11 bits per heavy atom. The van der Waals surface area contributed by atoms with Gasteiger partial charge in [0.25, 0.3) is 0 Å². The predicted octanol–water partition coefficient (Wildman–Crippen LogP) is 7.02. The van der Waals surface area contributed by atoms with Crippen LogP contribution in [0.15, 0.2) is 72.4 Å². The number of halogens is 3. The van der Waals surface area contributed by atoms with E-state index in [0.29, 0.717) is 38.5 Å². The summed E-state index contributed by atoms with van der Waals surface area (Å²) in [6.45, 7) is 0. The normalized spacial score (nSPS) is 11.1. The monoisotopic (exact) mass is 679 g/mol. The average Bonchev–Trinajstić information content (AvgIpc) is 3.22. The van der Waals surface area contributed by atoms with Crippen LogP contribution >= 0.6 is 60.0 Å². The van der Waals surface area contributed by atoms with Crippen molar-refractivity contribution in [3.63, 3.8) is 0 Å². The van der Waals surface area contributed by atoms with E-state index in [1.54, 1.807) is 49.6 Å². The van der Waals surface area contributed by atoms with Gasteiger partial charge in [-0.05, 0) is 98.7 Å². The molecule has 0 atom stereocenters. The van der Waals surface area contributed by atoms with Gasteiger partial charge in [-0.25, -0.2) is 4.98 Å². The molecule has 0 radical (unpaired) electrons. The Labute approximate surface area is 231 Å². The van der Waals surface area contributed by atoms with E-state index in [4.69, 9.17) is 21.4 Å². The van der Waals surface area contributed by atoms with Gasteiger partial charge in [-0.15, -0.1) is 0 Å². The Hall–Kier alpha value is -2.73. The second kappa shape index (κ2) is 10.9. The van der Waals surface area contributed by atoms with Crippen molar-refractivity contribution in [3.8, 4) is 23.0 Å². The number of methoxy groups -OCH3 is 1. The lowest BCUT2D eigenvalue weighted by Crippen LogP contribution is -2.32. The summed E-state index contributed by atoms with van der Waals surface area (Å²) in [6.07, 6.45) is 3.00. The van der Waals surface area contributed by atoms with E-state index in [-0.39, 0.29) is 10.9 Å². The number of benzene rings is 3. The topological polar surface area (TPSA) is 96.6 Å². The fourth-order valence-corrected chi connectivity index (χ4v) is 5.19. The van der Waals surface area contributed by atoms with Gasteiger partial charge in [0, 0.05) is 27.4 Å². The Morgan fingerprint density at radius 2 is 1.91 bits per heavy atom. The molecule has 11 heteroatoms. The fourth-order valence-electron chi connectivity index (χ4n) is 3.17. The molecule has 1 amide bonds. The van der Waals surface area contributed by atoms with Gasteiger partial charge in [0.1, 0.15) is 17.0 Å². The molecular weight excluding hydrogens is 666 g/mol. The third-order valence-corrected chi connectivity index (χ3v) is 6.62. The minimum Gasteiger partial charge on any atom is -0.507 e. The van der Waals surface area contributed by atoms with Gasteiger partial charge in [0.2, 0.25) is 11.8 Å². The Balaban J connectivity index is 1.43. The molecule has 3 N–H and O–H groups in total. The first kappa shape index (κ1) is 25.4. The van der Waals surface area contributed by atoms with Crippen LogP contribution < -0.4 is 15.4 Å². The van der Waals surface area contributed by atoms with Crippen LogP contribution in [0.5, 0.6) is 11.5 Å².